The number of anilines is 1. The molecule has 118 valence electrons. The van der Waals surface area contributed by atoms with E-state index in [1.807, 2.05) is 0 Å². The van der Waals surface area contributed by atoms with Crippen molar-refractivity contribution in [2.45, 2.75) is 31.2 Å². The lowest BCUT2D eigenvalue weighted by molar-refractivity contribution is -0.143. The summed E-state index contributed by atoms with van der Waals surface area (Å²) in [5.74, 6) is 0. The summed E-state index contributed by atoms with van der Waals surface area (Å²) in [6.45, 7) is 1.10. The molecule has 0 radical (unpaired) electrons. The van der Waals surface area contributed by atoms with Gasteiger partial charge in [-0.05, 0) is 37.6 Å². The lowest BCUT2D eigenvalue weighted by Gasteiger charge is -2.17. The molecule has 0 bridgehead atoms. The number of benzene rings is 1. The highest BCUT2D eigenvalue weighted by atomic mass is 19.4. The van der Waals surface area contributed by atoms with Gasteiger partial charge in [-0.3, -0.25) is 0 Å². The average molecular weight is 312 g/mol. The van der Waals surface area contributed by atoms with Crippen LogP contribution in [0.2, 0.25) is 0 Å². The molecule has 0 aromatic heterocycles. The molecule has 1 aromatic carbocycles. The molecule has 2 rings (SSSR count). The van der Waals surface area contributed by atoms with E-state index in [1.165, 1.54) is 0 Å². The Morgan fingerprint density at radius 3 is 2.00 bits per heavy atom. The van der Waals surface area contributed by atoms with Crippen molar-refractivity contribution in [2.75, 3.05) is 18.4 Å². The molecular weight excluding hydrogens is 298 g/mol. The fourth-order valence-corrected chi connectivity index (χ4v) is 2.23. The van der Waals surface area contributed by atoms with Crippen LogP contribution in [-0.4, -0.2) is 19.1 Å². The van der Waals surface area contributed by atoms with Crippen molar-refractivity contribution in [3.8, 4) is 0 Å². The lowest BCUT2D eigenvalue weighted by atomic mass is 10.1. The molecule has 1 atom stereocenters. The molecule has 0 aliphatic carbocycles. The van der Waals surface area contributed by atoms with Crippen LogP contribution in [0, 0.1) is 0 Å². The molecule has 8 heteroatoms. The van der Waals surface area contributed by atoms with Gasteiger partial charge < -0.3 is 10.6 Å². The van der Waals surface area contributed by atoms with Crippen LogP contribution in [0.25, 0.3) is 0 Å². The van der Waals surface area contributed by atoms with Crippen LogP contribution in [0.1, 0.15) is 24.0 Å². The minimum absolute atomic E-state index is 0.0638. The summed E-state index contributed by atoms with van der Waals surface area (Å²) >= 11 is 0. The molecule has 0 amide bonds. The third kappa shape index (κ3) is 4.26. The summed E-state index contributed by atoms with van der Waals surface area (Å²) in [6.07, 6.45) is -7.84. The van der Waals surface area contributed by atoms with E-state index in [9.17, 15) is 26.3 Å². The quantitative estimate of drug-likeness (QED) is 0.828. The van der Waals surface area contributed by atoms with Crippen LogP contribution in [0.3, 0.4) is 0 Å². The lowest BCUT2D eigenvalue weighted by Crippen LogP contribution is -2.29. The Morgan fingerprint density at radius 1 is 1.00 bits per heavy atom. The second-order valence-electron chi connectivity index (χ2n) is 4.97. The monoisotopic (exact) mass is 312 g/mol. The number of nitrogens with one attached hydrogen (secondary N) is 2. The molecule has 1 heterocycles. The van der Waals surface area contributed by atoms with Crippen LogP contribution in [0.4, 0.5) is 32.0 Å². The smallest absolute Gasteiger partial charge is 0.383 e. The molecular formula is C13H14F6N2. The van der Waals surface area contributed by atoms with E-state index >= 15 is 0 Å². The molecule has 1 fully saturated rings. The fraction of sp³-hybridized carbons (Fsp3) is 0.538. The number of rotatable bonds is 3. The molecule has 21 heavy (non-hydrogen) atoms. The second-order valence-corrected chi connectivity index (χ2v) is 4.97. The first-order chi connectivity index (χ1) is 9.66. The van der Waals surface area contributed by atoms with Crippen molar-refractivity contribution in [2.24, 2.45) is 0 Å². The van der Waals surface area contributed by atoms with Gasteiger partial charge in [-0.2, -0.15) is 26.3 Å². The highest BCUT2D eigenvalue weighted by Crippen LogP contribution is 2.37. The topological polar surface area (TPSA) is 24.1 Å². The van der Waals surface area contributed by atoms with E-state index in [-0.39, 0.29) is 17.8 Å². The van der Waals surface area contributed by atoms with E-state index in [0.29, 0.717) is 18.7 Å². The second kappa shape index (κ2) is 5.75. The molecule has 1 aliphatic rings. The minimum atomic E-state index is -4.82. The van der Waals surface area contributed by atoms with E-state index in [2.05, 4.69) is 10.6 Å². The zero-order valence-electron chi connectivity index (χ0n) is 10.9. The van der Waals surface area contributed by atoms with Gasteiger partial charge >= 0.3 is 12.4 Å². The maximum atomic E-state index is 12.7. The molecule has 1 unspecified atom stereocenters. The fourth-order valence-electron chi connectivity index (χ4n) is 2.23. The molecule has 1 aromatic rings. The SMILES string of the molecule is FC(F)(F)c1cc(NCC2CCCN2)cc(C(F)(F)F)c1. The molecule has 2 N–H and O–H groups in total. The summed E-state index contributed by atoms with van der Waals surface area (Å²) in [5, 5.41) is 5.76. The molecule has 1 aliphatic heterocycles. The summed E-state index contributed by atoms with van der Waals surface area (Å²) in [6, 6.07) is 1.58. The van der Waals surface area contributed by atoms with Gasteiger partial charge in [0.1, 0.15) is 0 Å². The van der Waals surface area contributed by atoms with Gasteiger partial charge in [-0.15, -0.1) is 0 Å². The van der Waals surface area contributed by atoms with Gasteiger partial charge in [0.25, 0.3) is 0 Å². The van der Waals surface area contributed by atoms with E-state index in [1.54, 1.807) is 0 Å². The molecule has 0 spiro atoms. The molecule has 2 nitrogen and oxygen atoms in total. The van der Waals surface area contributed by atoms with Gasteiger partial charge in [0.2, 0.25) is 0 Å². The highest BCUT2D eigenvalue weighted by Gasteiger charge is 2.36. The Morgan fingerprint density at radius 2 is 1.57 bits per heavy atom. The average Bonchev–Trinajstić information content (AvgIpc) is 2.87. The van der Waals surface area contributed by atoms with E-state index < -0.39 is 23.5 Å². The van der Waals surface area contributed by atoms with Gasteiger partial charge in [0.05, 0.1) is 11.1 Å². The molecule has 0 saturated carbocycles. The normalized spacial score (nSPS) is 19.8. The maximum Gasteiger partial charge on any atom is 0.416 e. The van der Waals surface area contributed by atoms with Gasteiger partial charge in [-0.1, -0.05) is 0 Å². The van der Waals surface area contributed by atoms with Crippen molar-refractivity contribution < 1.29 is 26.3 Å². The van der Waals surface area contributed by atoms with Gasteiger partial charge in [0, 0.05) is 18.3 Å². The Balaban J connectivity index is 2.22. The first-order valence-electron chi connectivity index (χ1n) is 6.43. The first-order valence-corrected chi connectivity index (χ1v) is 6.43. The zero-order valence-corrected chi connectivity index (χ0v) is 10.9. The third-order valence-electron chi connectivity index (χ3n) is 3.30. The van der Waals surface area contributed by atoms with Crippen LogP contribution in [0.15, 0.2) is 18.2 Å². The van der Waals surface area contributed by atoms with E-state index in [4.69, 9.17) is 0 Å². The van der Waals surface area contributed by atoms with Crippen molar-refractivity contribution >= 4 is 5.69 Å². The van der Waals surface area contributed by atoms with Crippen LogP contribution < -0.4 is 10.6 Å². The number of alkyl halides is 6. The van der Waals surface area contributed by atoms with Gasteiger partial charge in [0.15, 0.2) is 0 Å². The summed E-state index contributed by atoms with van der Waals surface area (Å²) < 4.78 is 76.0. The van der Waals surface area contributed by atoms with Crippen molar-refractivity contribution in [3.05, 3.63) is 29.3 Å². The van der Waals surface area contributed by atoms with Crippen molar-refractivity contribution in [1.82, 2.24) is 5.32 Å². The third-order valence-corrected chi connectivity index (χ3v) is 3.30. The van der Waals surface area contributed by atoms with Gasteiger partial charge in [-0.25, -0.2) is 0 Å². The Labute approximate surface area is 117 Å². The van der Waals surface area contributed by atoms with Crippen molar-refractivity contribution in [1.29, 1.82) is 0 Å². The van der Waals surface area contributed by atoms with Crippen LogP contribution in [0.5, 0.6) is 0 Å². The minimum Gasteiger partial charge on any atom is -0.383 e. The predicted molar refractivity (Wildman–Crippen MR) is 66.0 cm³/mol. The Hall–Kier alpha value is -1.44. The zero-order chi connectivity index (χ0) is 15.7. The maximum absolute atomic E-state index is 12.7. The molecule has 1 saturated heterocycles. The van der Waals surface area contributed by atoms with Crippen LogP contribution >= 0.6 is 0 Å². The Kier molecular flexibility index (Phi) is 4.36. The predicted octanol–water partition coefficient (Wildman–Crippen LogP) is 3.89. The van der Waals surface area contributed by atoms with E-state index in [0.717, 1.165) is 19.4 Å². The summed E-state index contributed by atoms with van der Waals surface area (Å²) in [5.41, 5.74) is -2.79. The number of hydrogen-bond acceptors (Lipinski definition) is 2. The highest BCUT2D eigenvalue weighted by molar-refractivity contribution is 5.50. The summed E-state index contributed by atoms with van der Waals surface area (Å²) in [4.78, 5) is 0. The Bertz CT molecular complexity index is 456. The standard InChI is InChI=1S/C13H14F6N2/c14-12(15,16)8-4-9(13(17,18)19)6-11(5-8)21-7-10-2-1-3-20-10/h4-6,10,20-21H,1-3,7H2. The van der Waals surface area contributed by atoms with Crippen LogP contribution in [-0.2, 0) is 12.4 Å². The largest absolute Gasteiger partial charge is 0.416 e. The van der Waals surface area contributed by atoms with Crippen molar-refractivity contribution in [3.63, 3.8) is 0 Å². The first kappa shape index (κ1) is 15.9. The number of halogens is 6. The summed E-state index contributed by atoms with van der Waals surface area (Å²) in [7, 11) is 0. The number of hydrogen-bond donors (Lipinski definition) is 2.